The number of aliphatic hydroxyl groups is 1. The lowest BCUT2D eigenvalue weighted by atomic mass is 9.75. The summed E-state index contributed by atoms with van der Waals surface area (Å²) in [5, 5.41) is 23.3. The normalized spacial score (nSPS) is 22.5. The molecule has 1 aliphatic heterocycles. The highest BCUT2D eigenvalue weighted by Gasteiger charge is 2.38. The molecular formula is C29H34ClN5O2. The number of hydrogen-bond donors (Lipinski definition) is 2. The summed E-state index contributed by atoms with van der Waals surface area (Å²) in [4.78, 5) is 24.4. The maximum atomic E-state index is 13.1. The van der Waals surface area contributed by atoms with Crippen molar-refractivity contribution in [1.82, 2.24) is 9.88 Å². The molecule has 5 rings (SSSR count). The molecule has 8 heteroatoms. The van der Waals surface area contributed by atoms with Gasteiger partial charge in [0.15, 0.2) is 0 Å². The van der Waals surface area contributed by atoms with Gasteiger partial charge in [-0.05, 0) is 74.8 Å². The number of benzene rings is 1. The maximum absolute atomic E-state index is 13.1. The third-order valence-electron chi connectivity index (χ3n) is 8.27. The molecule has 0 unspecified atom stereocenters. The minimum atomic E-state index is -0.317. The zero-order chi connectivity index (χ0) is 25.9. The van der Waals surface area contributed by atoms with Crippen molar-refractivity contribution in [1.29, 1.82) is 5.26 Å². The molecule has 1 aromatic heterocycles. The summed E-state index contributed by atoms with van der Waals surface area (Å²) in [6, 6.07) is 11.7. The fourth-order valence-electron chi connectivity index (χ4n) is 6.29. The van der Waals surface area contributed by atoms with Gasteiger partial charge in [-0.3, -0.25) is 9.79 Å². The third kappa shape index (κ3) is 5.37. The van der Waals surface area contributed by atoms with Crippen molar-refractivity contribution in [3.8, 4) is 6.07 Å². The second-order valence-corrected chi connectivity index (χ2v) is 10.9. The molecule has 0 radical (unpaired) electrons. The number of halogens is 1. The number of likely N-dealkylation sites (tertiary alicyclic amines) is 1. The van der Waals surface area contributed by atoms with Crippen LogP contribution in [0.5, 0.6) is 0 Å². The number of piperidine rings is 1. The lowest BCUT2D eigenvalue weighted by Gasteiger charge is -2.37. The highest BCUT2D eigenvalue weighted by molar-refractivity contribution is 6.32. The van der Waals surface area contributed by atoms with Crippen LogP contribution in [-0.2, 0) is 6.42 Å². The van der Waals surface area contributed by atoms with Crippen LogP contribution in [0.1, 0.15) is 72.3 Å². The second-order valence-electron chi connectivity index (χ2n) is 10.5. The largest absolute Gasteiger partial charge is 0.393 e. The number of aromatic nitrogens is 1. The summed E-state index contributed by atoms with van der Waals surface area (Å²) in [5.41, 5.74) is 4.88. The Morgan fingerprint density at radius 2 is 1.95 bits per heavy atom. The quantitative estimate of drug-likeness (QED) is 0.587. The van der Waals surface area contributed by atoms with E-state index < -0.39 is 0 Å². The number of fused-ring (bicyclic) bond motifs is 1. The van der Waals surface area contributed by atoms with Gasteiger partial charge in [0.1, 0.15) is 11.8 Å². The predicted octanol–water partition coefficient (Wildman–Crippen LogP) is 4.86. The Hall–Kier alpha value is -2.95. The van der Waals surface area contributed by atoms with Gasteiger partial charge >= 0.3 is 0 Å². The van der Waals surface area contributed by atoms with Gasteiger partial charge in [-0.25, -0.2) is 4.98 Å². The summed E-state index contributed by atoms with van der Waals surface area (Å²) < 4.78 is 0. The van der Waals surface area contributed by atoms with Crippen LogP contribution in [0.3, 0.4) is 0 Å². The van der Waals surface area contributed by atoms with Crippen LogP contribution in [0.25, 0.3) is 0 Å². The second kappa shape index (κ2) is 11.2. The molecule has 2 fully saturated rings. The van der Waals surface area contributed by atoms with Gasteiger partial charge in [0, 0.05) is 49.1 Å². The molecule has 2 heterocycles. The minimum absolute atomic E-state index is 0.0602. The summed E-state index contributed by atoms with van der Waals surface area (Å²) >= 11 is 6.35. The number of hydrogen-bond acceptors (Lipinski definition) is 6. The number of anilines is 1. The lowest BCUT2D eigenvalue weighted by molar-refractivity contribution is 0.0541. The Morgan fingerprint density at radius 1 is 1.19 bits per heavy atom. The summed E-state index contributed by atoms with van der Waals surface area (Å²) in [5.74, 6) is 0.679. The van der Waals surface area contributed by atoms with Crippen LogP contribution in [0.15, 0.2) is 35.3 Å². The highest BCUT2D eigenvalue weighted by atomic mass is 35.5. The Kier molecular flexibility index (Phi) is 7.78. The standard InChI is InChI=1S/C29H34ClN5O2/c1-32-28-22-8-11-26(29(37)35-14-12-21(36)13-15-35)34-25(22)10-9-23(28)27(18-4-2-3-5-18)33-20-7-6-19(17-31)24(30)16-20/h6-8,11,16,18,21,23,27,33,36H,2-5,9-10,12-15H2,1H3/b32-28-/t23-,27+/m1/s1. The van der Waals surface area contributed by atoms with Crippen molar-refractivity contribution in [3.05, 3.63) is 57.9 Å². The van der Waals surface area contributed by atoms with Crippen LogP contribution < -0.4 is 5.32 Å². The van der Waals surface area contributed by atoms with Gasteiger partial charge in [-0.1, -0.05) is 24.4 Å². The SMILES string of the molecule is C/N=C1/c2ccc(C(=O)N3CCC(O)CC3)nc2CC[C@@H]1[C@@H](Nc1ccc(C#N)c(Cl)c1)C1CCCC1. The summed E-state index contributed by atoms with van der Waals surface area (Å²) in [6.07, 6.45) is 7.43. The number of nitriles is 1. The number of pyridine rings is 1. The van der Waals surface area contributed by atoms with Crippen LogP contribution in [-0.4, -0.2) is 58.9 Å². The van der Waals surface area contributed by atoms with E-state index in [1.807, 2.05) is 31.3 Å². The molecule has 1 aromatic carbocycles. The Labute approximate surface area is 223 Å². The number of nitrogens with zero attached hydrogens (tertiary/aromatic N) is 4. The Morgan fingerprint density at radius 3 is 2.62 bits per heavy atom. The minimum Gasteiger partial charge on any atom is -0.393 e. The first-order chi connectivity index (χ1) is 18.0. The van der Waals surface area contributed by atoms with E-state index in [9.17, 15) is 15.2 Å². The van der Waals surface area contributed by atoms with E-state index in [1.165, 1.54) is 25.7 Å². The van der Waals surface area contributed by atoms with Crippen molar-refractivity contribution in [3.63, 3.8) is 0 Å². The van der Waals surface area contributed by atoms with E-state index in [-0.39, 0.29) is 24.0 Å². The zero-order valence-corrected chi connectivity index (χ0v) is 22.0. The van der Waals surface area contributed by atoms with Gasteiger partial charge in [0.2, 0.25) is 0 Å². The first-order valence-electron chi connectivity index (χ1n) is 13.4. The van der Waals surface area contributed by atoms with E-state index in [4.69, 9.17) is 21.6 Å². The average molecular weight is 520 g/mol. The molecule has 37 heavy (non-hydrogen) atoms. The van der Waals surface area contributed by atoms with E-state index in [1.54, 1.807) is 11.0 Å². The first kappa shape index (κ1) is 25.7. The van der Waals surface area contributed by atoms with Crippen LogP contribution in [0.4, 0.5) is 5.69 Å². The van der Waals surface area contributed by atoms with E-state index in [0.717, 1.165) is 35.5 Å². The number of aliphatic hydroxyl groups excluding tert-OH is 1. The average Bonchev–Trinajstić information content (AvgIpc) is 3.46. The van der Waals surface area contributed by atoms with Crippen molar-refractivity contribution in [2.45, 2.75) is 63.5 Å². The zero-order valence-electron chi connectivity index (χ0n) is 21.3. The maximum Gasteiger partial charge on any atom is 0.272 e. The van der Waals surface area contributed by atoms with Gasteiger partial charge in [0.05, 0.1) is 22.4 Å². The number of nitrogens with one attached hydrogen (secondary N) is 1. The van der Waals surface area contributed by atoms with E-state index in [2.05, 4.69) is 11.4 Å². The van der Waals surface area contributed by atoms with Crippen LogP contribution >= 0.6 is 11.6 Å². The van der Waals surface area contributed by atoms with Gasteiger partial charge in [-0.2, -0.15) is 5.26 Å². The molecule has 194 valence electrons. The van der Waals surface area contributed by atoms with Gasteiger partial charge < -0.3 is 15.3 Å². The molecule has 0 bridgehead atoms. The van der Waals surface area contributed by atoms with Gasteiger partial charge in [-0.15, -0.1) is 0 Å². The molecule has 0 spiro atoms. The smallest absolute Gasteiger partial charge is 0.272 e. The van der Waals surface area contributed by atoms with Crippen molar-refractivity contribution in [2.75, 3.05) is 25.5 Å². The molecule has 1 amide bonds. The number of amides is 1. The molecule has 1 saturated carbocycles. The fourth-order valence-corrected chi connectivity index (χ4v) is 6.51. The van der Waals surface area contributed by atoms with Crippen molar-refractivity contribution < 1.29 is 9.90 Å². The Bertz CT molecular complexity index is 1230. The number of carbonyl (C=O) groups is 1. The number of rotatable bonds is 5. The van der Waals surface area contributed by atoms with Crippen LogP contribution in [0, 0.1) is 23.2 Å². The third-order valence-corrected chi connectivity index (χ3v) is 8.58. The van der Waals surface area contributed by atoms with Crippen molar-refractivity contribution >= 4 is 28.9 Å². The van der Waals surface area contributed by atoms with E-state index in [0.29, 0.717) is 48.1 Å². The summed E-state index contributed by atoms with van der Waals surface area (Å²) in [6.45, 7) is 1.13. The fraction of sp³-hybridized carbons (Fsp3) is 0.517. The molecule has 2 aliphatic carbocycles. The molecular weight excluding hydrogens is 486 g/mol. The molecule has 2 atom stereocenters. The molecule has 7 nitrogen and oxygen atoms in total. The lowest BCUT2D eigenvalue weighted by Crippen LogP contribution is -2.43. The van der Waals surface area contributed by atoms with E-state index >= 15 is 0 Å². The molecule has 1 saturated heterocycles. The molecule has 2 N–H and O–H groups in total. The number of aliphatic imine (C=N–C) groups is 1. The summed E-state index contributed by atoms with van der Waals surface area (Å²) in [7, 11) is 1.85. The number of carbonyl (C=O) groups excluding carboxylic acids is 1. The predicted molar refractivity (Wildman–Crippen MR) is 145 cm³/mol. The highest BCUT2D eigenvalue weighted by Crippen LogP contribution is 2.38. The topological polar surface area (TPSA) is 102 Å². The van der Waals surface area contributed by atoms with Crippen LogP contribution in [0.2, 0.25) is 5.02 Å². The monoisotopic (exact) mass is 519 g/mol. The number of aryl methyl sites for hydroxylation is 1. The van der Waals surface area contributed by atoms with Crippen molar-refractivity contribution in [2.24, 2.45) is 16.8 Å². The molecule has 2 aromatic rings. The molecule has 3 aliphatic rings. The Balaban J connectivity index is 1.40. The van der Waals surface area contributed by atoms with Gasteiger partial charge in [0.25, 0.3) is 5.91 Å². The first-order valence-corrected chi connectivity index (χ1v) is 13.8.